The van der Waals surface area contributed by atoms with Crippen LogP contribution in [0.25, 0.3) is 10.3 Å². The Morgan fingerprint density at radius 3 is 2.75 bits per heavy atom. The highest BCUT2D eigenvalue weighted by molar-refractivity contribution is 7.99. The molecule has 1 aromatic carbocycles. The molecule has 0 aliphatic carbocycles. The van der Waals surface area contributed by atoms with Crippen LogP contribution in [0.15, 0.2) is 29.4 Å². The van der Waals surface area contributed by atoms with Gasteiger partial charge in [-0.3, -0.25) is 0 Å². The number of halogens is 1. The van der Waals surface area contributed by atoms with Crippen molar-refractivity contribution in [2.24, 2.45) is 0 Å². The molecule has 0 unspecified atom stereocenters. The lowest BCUT2D eigenvalue weighted by Crippen LogP contribution is -2.24. The zero-order chi connectivity index (χ0) is 20.1. The van der Waals surface area contributed by atoms with Crippen molar-refractivity contribution in [3.63, 3.8) is 0 Å². The first kappa shape index (κ1) is 20.8. The molecule has 0 amide bonds. The van der Waals surface area contributed by atoms with Crippen LogP contribution in [0.3, 0.4) is 0 Å². The minimum Gasteiger partial charge on any atom is -0.473 e. The third kappa shape index (κ3) is 4.71. The van der Waals surface area contributed by atoms with Crippen molar-refractivity contribution >= 4 is 39.3 Å². The maximum Gasteiger partial charge on any atom is 0.275 e. The number of hydrogen-bond donors (Lipinski definition) is 2. The average molecular weight is 423 g/mol. The Morgan fingerprint density at radius 2 is 2.07 bits per heavy atom. The van der Waals surface area contributed by atoms with Crippen molar-refractivity contribution in [3.05, 3.63) is 35.6 Å². The second kappa shape index (κ2) is 9.49. The fourth-order valence-corrected chi connectivity index (χ4v) is 4.49. The first-order chi connectivity index (χ1) is 13.5. The van der Waals surface area contributed by atoms with E-state index in [-0.39, 0.29) is 23.7 Å². The number of methoxy groups -OCH3 is 1. The van der Waals surface area contributed by atoms with Gasteiger partial charge in [0.15, 0.2) is 16.6 Å². The molecule has 0 bridgehead atoms. The van der Waals surface area contributed by atoms with Crippen molar-refractivity contribution < 1.29 is 14.2 Å². The quantitative estimate of drug-likeness (QED) is 0.383. The number of aliphatic hydroxyl groups is 1. The van der Waals surface area contributed by atoms with Gasteiger partial charge < -0.3 is 15.2 Å². The molecule has 0 fully saturated rings. The van der Waals surface area contributed by atoms with E-state index in [0.29, 0.717) is 27.4 Å². The van der Waals surface area contributed by atoms with Gasteiger partial charge in [-0.2, -0.15) is 4.98 Å². The van der Waals surface area contributed by atoms with Crippen LogP contribution in [0.5, 0.6) is 5.19 Å². The number of fused-ring (bicyclic) bond motifs is 1. The first-order valence-corrected chi connectivity index (χ1v) is 10.8. The molecule has 0 saturated carbocycles. The number of rotatable bonds is 9. The summed E-state index contributed by atoms with van der Waals surface area (Å²) < 4.78 is 20.1. The summed E-state index contributed by atoms with van der Waals surface area (Å²) in [4.78, 5) is 13.5. The molecule has 2 N–H and O–H groups in total. The molecule has 6 nitrogen and oxygen atoms in total. The van der Waals surface area contributed by atoms with Crippen LogP contribution in [-0.2, 0) is 0 Å². The highest BCUT2D eigenvalue weighted by Crippen LogP contribution is 2.38. The van der Waals surface area contributed by atoms with Gasteiger partial charge in [0.25, 0.3) is 5.19 Å². The topological polar surface area (TPSA) is 80.2 Å². The fraction of sp³-hybridized carbons (Fsp3) is 0.421. The van der Waals surface area contributed by atoms with Crippen molar-refractivity contribution in [1.82, 2.24) is 15.0 Å². The van der Waals surface area contributed by atoms with E-state index < -0.39 is 0 Å². The normalized spacial score (nSPS) is 13.5. The van der Waals surface area contributed by atoms with Gasteiger partial charge in [0, 0.05) is 10.8 Å². The molecule has 150 valence electrons. The average Bonchev–Trinajstić information content (AvgIpc) is 3.11. The summed E-state index contributed by atoms with van der Waals surface area (Å²) in [5, 5.41) is 13.8. The van der Waals surface area contributed by atoms with Crippen LogP contribution in [-0.4, -0.2) is 39.8 Å². The molecule has 9 heteroatoms. The molecule has 0 radical (unpaired) electrons. The highest BCUT2D eigenvalue weighted by Gasteiger charge is 2.19. The number of thiazole rings is 1. The van der Waals surface area contributed by atoms with Gasteiger partial charge in [-0.25, -0.2) is 14.4 Å². The molecule has 0 aliphatic heterocycles. The molecule has 2 aromatic heterocycles. The Hall–Kier alpha value is -1.97. The van der Waals surface area contributed by atoms with Gasteiger partial charge in [-0.05, 0) is 19.4 Å². The molecular weight excluding hydrogens is 399 g/mol. The van der Waals surface area contributed by atoms with Gasteiger partial charge in [0.1, 0.15) is 10.5 Å². The minimum atomic E-state index is -0.249. The summed E-state index contributed by atoms with van der Waals surface area (Å²) in [7, 11) is 1.56. The van der Waals surface area contributed by atoms with Crippen LogP contribution in [0, 0.1) is 5.82 Å². The molecule has 2 atom stereocenters. The third-order valence-electron chi connectivity index (χ3n) is 4.21. The molecule has 3 aromatic rings. The summed E-state index contributed by atoms with van der Waals surface area (Å²) in [6.07, 6.45) is 1.75. The summed E-state index contributed by atoms with van der Waals surface area (Å²) in [5.41, 5.74) is 1.12. The van der Waals surface area contributed by atoms with Gasteiger partial charge in [-0.1, -0.05) is 54.6 Å². The van der Waals surface area contributed by atoms with E-state index in [1.54, 1.807) is 19.2 Å². The Labute approximate surface area is 171 Å². The van der Waals surface area contributed by atoms with Crippen molar-refractivity contribution in [3.8, 4) is 5.19 Å². The maximum atomic E-state index is 14.1. The Morgan fingerprint density at radius 1 is 1.29 bits per heavy atom. The molecule has 3 rings (SSSR count). The number of nitrogens with zero attached hydrogens (tertiary/aromatic N) is 3. The van der Waals surface area contributed by atoms with Gasteiger partial charge >= 0.3 is 0 Å². The van der Waals surface area contributed by atoms with Gasteiger partial charge in [0.2, 0.25) is 0 Å². The second-order valence-electron chi connectivity index (χ2n) is 6.29. The minimum absolute atomic E-state index is 0.00335. The van der Waals surface area contributed by atoms with E-state index in [1.165, 1.54) is 29.2 Å². The summed E-state index contributed by atoms with van der Waals surface area (Å²) in [6.45, 7) is 3.98. The van der Waals surface area contributed by atoms with E-state index in [2.05, 4.69) is 27.2 Å². The van der Waals surface area contributed by atoms with Crippen LogP contribution in [0.1, 0.15) is 37.5 Å². The predicted octanol–water partition coefficient (Wildman–Crippen LogP) is 4.66. The predicted molar refractivity (Wildman–Crippen MR) is 112 cm³/mol. The molecular formula is C19H23FN4O2S2. The number of thioether (sulfide) groups is 1. The molecule has 0 spiro atoms. The lowest BCUT2D eigenvalue weighted by atomic mass is 10.1. The molecule has 28 heavy (non-hydrogen) atoms. The largest absolute Gasteiger partial charge is 0.473 e. The Balaban J connectivity index is 1.95. The van der Waals surface area contributed by atoms with Gasteiger partial charge in [0.05, 0.1) is 19.8 Å². The van der Waals surface area contributed by atoms with Crippen molar-refractivity contribution in [1.29, 1.82) is 0 Å². The number of nitrogens with one attached hydrogen (secondary N) is 1. The van der Waals surface area contributed by atoms with E-state index in [4.69, 9.17) is 4.74 Å². The van der Waals surface area contributed by atoms with Crippen LogP contribution in [0.2, 0.25) is 0 Å². The number of benzene rings is 1. The Kier molecular flexibility index (Phi) is 7.03. The standard InChI is InChI=1S/C19H23FN4O2S2/c1-4-7-12(10-25)21-16-15-17(24-19(26-3)28-15)23-18(22-16)27-11(2)13-8-5-6-9-14(13)20/h5-6,8-9,11-12,25H,4,7,10H2,1-3H3,(H,21,22,23)/t11-,12+/m0/s1. The van der Waals surface area contributed by atoms with Crippen molar-refractivity contribution in [2.75, 3.05) is 19.0 Å². The molecule has 2 heterocycles. The lowest BCUT2D eigenvalue weighted by molar-refractivity contribution is 0.268. The van der Waals surface area contributed by atoms with Crippen LogP contribution < -0.4 is 10.1 Å². The Bertz CT molecular complexity index is 937. The fourth-order valence-electron chi connectivity index (χ4n) is 2.80. The summed E-state index contributed by atoms with van der Waals surface area (Å²) >= 11 is 2.71. The van der Waals surface area contributed by atoms with Crippen molar-refractivity contribution in [2.45, 2.75) is 43.1 Å². The SMILES string of the molecule is CCC[C@H](CO)Nc1nc(S[C@@H](C)c2ccccc2F)nc2nc(OC)sc12. The first-order valence-electron chi connectivity index (χ1n) is 9.06. The highest BCUT2D eigenvalue weighted by atomic mass is 32.2. The second-order valence-corrected chi connectivity index (χ2v) is 8.56. The zero-order valence-corrected chi connectivity index (χ0v) is 17.6. The number of hydrogen-bond acceptors (Lipinski definition) is 8. The lowest BCUT2D eigenvalue weighted by Gasteiger charge is -2.17. The van der Waals surface area contributed by atoms with Crippen LogP contribution >= 0.6 is 23.1 Å². The zero-order valence-electron chi connectivity index (χ0n) is 16.0. The van der Waals surface area contributed by atoms with E-state index >= 15 is 0 Å². The third-order valence-corrected chi connectivity index (χ3v) is 6.23. The monoisotopic (exact) mass is 422 g/mol. The number of aliphatic hydroxyl groups excluding tert-OH is 1. The molecule has 0 aliphatic rings. The van der Waals surface area contributed by atoms with E-state index in [0.717, 1.165) is 17.5 Å². The van der Waals surface area contributed by atoms with E-state index in [1.807, 2.05) is 13.0 Å². The van der Waals surface area contributed by atoms with Crippen LogP contribution in [0.4, 0.5) is 10.2 Å². The number of aromatic nitrogens is 3. The smallest absolute Gasteiger partial charge is 0.275 e. The summed E-state index contributed by atoms with van der Waals surface area (Å²) in [6, 6.07) is 6.59. The maximum absolute atomic E-state index is 14.1. The molecule has 0 saturated heterocycles. The summed E-state index contributed by atoms with van der Waals surface area (Å²) in [5.74, 6) is 0.363. The van der Waals surface area contributed by atoms with Gasteiger partial charge in [-0.15, -0.1) is 0 Å². The number of ether oxygens (including phenoxy) is 1. The van der Waals surface area contributed by atoms with E-state index in [9.17, 15) is 9.50 Å². The number of anilines is 1.